The van der Waals surface area contributed by atoms with Crippen molar-refractivity contribution < 1.29 is 4.74 Å². The van der Waals surface area contributed by atoms with Gasteiger partial charge in [-0.15, -0.1) is 0 Å². The van der Waals surface area contributed by atoms with Gasteiger partial charge < -0.3 is 10.1 Å². The molecule has 17 heavy (non-hydrogen) atoms. The van der Waals surface area contributed by atoms with Crippen molar-refractivity contribution in [3.05, 3.63) is 0 Å². The molecule has 0 aromatic rings. The van der Waals surface area contributed by atoms with E-state index in [0.717, 1.165) is 31.0 Å². The zero-order chi connectivity index (χ0) is 11.7. The summed E-state index contributed by atoms with van der Waals surface area (Å²) in [7, 11) is 0. The van der Waals surface area contributed by atoms with E-state index in [4.69, 9.17) is 4.74 Å². The maximum atomic E-state index is 6.38. The summed E-state index contributed by atoms with van der Waals surface area (Å²) < 4.78 is 6.38. The first-order valence-electron chi connectivity index (χ1n) is 7.63. The first-order chi connectivity index (χ1) is 8.26. The summed E-state index contributed by atoms with van der Waals surface area (Å²) in [4.78, 5) is 0. The van der Waals surface area contributed by atoms with Crippen LogP contribution in [0.4, 0.5) is 0 Å². The Morgan fingerprint density at radius 3 is 2.65 bits per heavy atom. The van der Waals surface area contributed by atoms with Crippen molar-refractivity contribution >= 4 is 0 Å². The van der Waals surface area contributed by atoms with Gasteiger partial charge in [-0.3, -0.25) is 0 Å². The Labute approximate surface area is 105 Å². The van der Waals surface area contributed by atoms with Gasteiger partial charge >= 0.3 is 0 Å². The van der Waals surface area contributed by atoms with Crippen molar-refractivity contribution in [2.24, 2.45) is 11.8 Å². The van der Waals surface area contributed by atoms with Gasteiger partial charge in [0.15, 0.2) is 0 Å². The fraction of sp³-hybridized carbons (Fsp3) is 1.00. The van der Waals surface area contributed by atoms with Crippen LogP contribution in [0, 0.1) is 11.8 Å². The molecule has 98 valence electrons. The molecule has 3 aliphatic carbocycles. The standard InChI is InChI=1S/C15H27NO/c1-12-3-2-8-15(9-12,11-16-14-6-7-14)17-10-13-4-5-13/h12-14,16H,2-11H2,1H3. The molecule has 0 aliphatic heterocycles. The molecule has 2 heteroatoms. The van der Waals surface area contributed by atoms with E-state index in [9.17, 15) is 0 Å². The van der Waals surface area contributed by atoms with Gasteiger partial charge in [-0.2, -0.15) is 0 Å². The van der Waals surface area contributed by atoms with E-state index in [0.29, 0.717) is 0 Å². The minimum atomic E-state index is 0.183. The average Bonchev–Trinajstić information content (AvgIpc) is 3.16. The zero-order valence-corrected chi connectivity index (χ0v) is 11.2. The van der Waals surface area contributed by atoms with Gasteiger partial charge in [-0.05, 0) is 50.4 Å². The molecule has 0 bridgehead atoms. The van der Waals surface area contributed by atoms with Gasteiger partial charge in [0.25, 0.3) is 0 Å². The molecule has 2 atom stereocenters. The highest BCUT2D eigenvalue weighted by Crippen LogP contribution is 2.38. The summed E-state index contributed by atoms with van der Waals surface area (Å²) >= 11 is 0. The Kier molecular flexibility index (Phi) is 3.45. The molecule has 0 radical (unpaired) electrons. The lowest BCUT2D eigenvalue weighted by Gasteiger charge is -2.40. The highest BCUT2D eigenvalue weighted by Gasteiger charge is 2.38. The van der Waals surface area contributed by atoms with Crippen LogP contribution in [-0.2, 0) is 4.74 Å². The van der Waals surface area contributed by atoms with Crippen LogP contribution in [0.25, 0.3) is 0 Å². The van der Waals surface area contributed by atoms with Crippen molar-refractivity contribution in [3.8, 4) is 0 Å². The Morgan fingerprint density at radius 1 is 1.18 bits per heavy atom. The Balaban J connectivity index is 1.54. The highest BCUT2D eigenvalue weighted by molar-refractivity contribution is 4.93. The number of hydrogen-bond acceptors (Lipinski definition) is 2. The van der Waals surface area contributed by atoms with Gasteiger partial charge in [0.1, 0.15) is 0 Å². The van der Waals surface area contributed by atoms with E-state index in [-0.39, 0.29) is 5.60 Å². The van der Waals surface area contributed by atoms with Crippen LogP contribution in [0.5, 0.6) is 0 Å². The normalized spacial score (nSPS) is 38.3. The predicted molar refractivity (Wildman–Crippen MR) is 70.1 cm³/mol. The van der Waals surface area contributed by atoms with Crippen LogP contribution in [-0.4, -0.2) is 24.8 Å². The molecule has 0 amide bonds. The Morgan fingerprint density at radius 2 is 2.00 bits per heavy atom. The number of hydrogen-bond donors (Lipinski definition) is 1. The maximum absolute atomic E-state index is 6.38. The Hall–Kier alpha value is -0.0800. The average molecular weight is 237 g/mol. The summed E-state index contributed by atoms with van der Waals surface area (Å²) in [6, 6.07) is 0.814. The Bertz CT molecular complexity index is 242. The lowest BCUT2D eigenvalue weighted by Crippen LogP contribution is -2.47. The third kappa shape index (κ3) is 3.45. The molecule has 3 saturated carbocycles. The molecule has 3 fully saturated rings. The van der Waals surface area contributed by atoms with Gasteiger partial charge in [0.2, 0.25) is 0 Å². The molecular weight excluding hydrogens is 210 g/mol. The van der Waals surface area contributed by atoms with Crippen LogP contribution in [0.3, 0.4) is 0 Å². The van der Waals surface area contributed by atoms with E-state index in [2.05, 4.69) is 12.2 Å². The SMILES string of the molecule is CC1CCCC(CNC2CC2)(OCC2CC2)C1. The third-order valence-electron chi connectivity index (χ3n) is 4.66. The maximum Gasteiger partial charge on any atom is 0.0809 e. The molecule has 0 spiro atoms. The number of rotatable bonds is 6. The van der Waals surface area contributed by atoms with Crippen molar-refractivity contribution in [2.45, 2.75) is 69.9 Å². The second-order valence-corrected chi connectivity index (χ2v) is 6.79. The second-order valence-electron chi connectivity index (χ2n) is 6.79. The summed E-state index contributed by atoms with van der Waals surface area (Å²) in [5, 5.41) is 3.71. The number of ether oxygens (including phenoxy) is 1. The minimum absolute atomic E-state index is 0.183. The smallest absolute Gasteiger partial charge is 0.0809 e. The highest BCUT2D eigenvalue weighted by atomic mass is 16.5. The lowest BCUT2D eigenvalue weighted by atomic mass is 9.78. The second kappa shape index (κ2) is 4.89. The van der Waals surface area contributed by atoms with Crippen LogP contribution in [0.1, 0.15) is 58.3 Å². The topological polar surface area (TPSA) is 21.3 Å². The summed E-state index contributed by atoms with van der Waals surface area (Å²) in [6.45, 7) is 4.53. The lowest BCUT2D eigenvalue weighted by molar-refractivity contribution is -0.0835. The first-order valence-corrected chi connectivity index (χ1v) is 7.63. The molecule has 0 aromatic carbocycles. The molecule has 0 saturated heterocycles. The number of nitrogens with one attached hydrogen (secondary N) is 1. The summed E-state index contributed by atoms with van der Waals surface area (Å²) in [6.07, 6.45) is 10.9. The van der Waals surface area contributed by atoms with Crippen LogP contribution in [0.15, 0.2) is 0 Å². The van der Waals surface area contributed by atoms with Crippen molar-refractivity contribution in [1.82, 2.24) is 5.32 Å². The summed E-state index contributed by atoms with van der Waals surface area (Å²) in [5.74, 6) is 1.74. The van der Waals surface area contributed by atoms with Crippen molar-refractivity contribution in [3.63, 3.8) is 0 Å². The van der Waals surface area contributed by atoms with Crippen LogP contribution < -0.4 is 5.32 Å². The van der Waals surface area contributed by atoms with Gasteiger partial charge in [0, 0.05) is 12.6 Å². The van der Waals surface area contributed by atoms with Gasteiger partial charge in [-0.1, -0.05) is 19.8 Å². The van der Waals surface area contributed by atoms with E-state index in [1.807, 2.05) is 0 Å². The minimum Gasteiger partial charge on any atom is -0.373 e. The van der Waals surface area contributed by atoms with Gasteiger partial charge in [0.05, 0.1) is 12.2 Å². The quantitative estimate of drug-likeness (QED) is 0.766. The molecule has 0 heterocycles. The zero-order valence-electron chi connectivity index (χ0n) is 11.2. The fourth-order valence-corrected chi connectivity index (χ4v) is 3.15. The molecule has 2 unspecified atom stereocenters. The largest absolute Gasteiger partial charge is 0.373 e. The van der Waals surface area contributed by atoms with Gasteiger partial charge in [-0.25, -0.2) is 0 Å². The van der Waals surface area contributed by atoms with E-state index < -0.39 is 0 Å². The first kappa shape index (κ1) is 12.0. The van der Waals surface area contributed by atoms with Crippen LogP contribution in [0.2, 0.25) is 0 Å². The van der Waals surface area contributed by atoms with E-state index in [1.54, 1.807) is 0 Å². The molecule has 0 aromatic heterocycles. The fourth-order valence-electron chi connectivity index (χ4n) is 3.15. The molecule has 3 rings (SSSR count). The summed E-state index contributed by atoms with van der Waals surface area (Å²) in [5.41, 5.74) is 0.183. The predicted octanol–water partition coefficient (Wildman–Crippen LogP) is 3.11. The third-order valence-corrected chi connectivity index (χ3v) is 4.66. The molecule has 3 aliphatic rings. The van der Waals surface area contributed by atoms with Crippen molar-refractivity contribution in [1.29, 1.82) is 0 Å². The van der Waals surface area contributed by atoms with Crippen molar-refractivity contribution in [2.75, 3.05) is 13.2 Å². The molecule has 2 nitrogen and oxygen atoms in total. The molecular formula is C15H27NO. The van der Waals surface area contributed by atoms with E-state index in [1.165, 1.54) is 51.4 Å². The molecule has 1 N–H and O–H groups in total. The monoisotopic (exact) mass is 237 g/mol. The van der Waals surface area contributed by atoms with Crippen LogP contribution >= 0.6 is 0 Å². The van der Waals surface area contributed by atoms with E-state index >= 15 is 0 Å².